The molecular formula is C13H17NO2. The predicted octanol–water partition coefficient (Wildman–Crippen LogP) is 2.83. The Morgan fingerprint density at radius 3 is 2.69 bits per heavy atom. The maximum atomic E-state index is 11.4. The lowest BCUT2D eigenvalue weighted by Crippen LogP contribution is -2.23. The van der Waals surface area contributed by atoms with Gasteiger partial charge in [-0.1, -0.05) is 25.3 Å². The van der Waals surface area contributed by atoms with E-state index in [-0.39, 0.29) is 11.8 Å². The monoisotopic (exact) mass is 219 g/mol. The van der Waals surface area contributed by atoms with E-state index in [1.54, 1.807) is 12.4 Å². The van der Waals surface area contributed by atoms with Crippen molar-refractivity contribution in [3.63, 3.8) is 0 Å². The Hall–Kier alpha value is -1.38. The van der Waals surface area contributed by atoms with Gasteiger partial charge in [0.25, 0.3) is 0 Å². The highest BCUT2D eigenvalue weighted by Gasteiger charge is 2.30. The van der Waals surface area contributed by atoms with E-state index in [1.165, 1.54) is 6.42 Å². The van der Waals surface area contributed by atoms with Crippen molar-refractivity contribution in [3.05, 3.63) is 30.1 Å². The van der Waals surface area contributed by atoms with Crippen molar-refractivity contribution in [3.8, 4) is 0 Å². The van der Waals surface area contributed by atoms with Crippen molar-refractivity contribution in [1.82, 2.24) is 4.98 Å². The first-order valence-electron chi connectivity index (χ1n) is 5.92. The van der Waals surface area contributed by atoms with Gasteiger partial charge in [-0.2, -0.15) is 0 Å². The van der Waals surface area contributed by atoms with Crippen LogP contribution >= 0.6 is 0 Å². The van der Waals surface area contributed by atoms with Crippen LogP contribution in [0.25, 0.3) is 0 Å². The van der Waals surface area contributed by atoms with Crippen LogP contribution < -0.4 is 0 Å². The third-order valence-electron chi connectivity index (χ3n) is 3.43. The van der Waals surface area contributed by atoms with E-state index in [9.17, 15) is 9.90 Å². The normalized spacial score (nSPS) is 19.2. The van der Waals surface area contributed by atoms with Crippen LogP contribution in [0.4, 0.5) is 0 Å². The first-order chi connectivity index (χ1) is 7.79. The molecule has 16 heavy (non-hydrogen) atoms. The number of carbonyl (C=O) groups is 1. The Morgan fingerprint density at radius 1 is 1.38 bits per heavy atom. The lowest BCUT2D eigenvalue weighted by atomic mass is 9.77. The Labute approximate surface area is 95.5 Å². The summed E-state index contributed by atoms with van der Waals surface area (Å²) in [6.45, 7) is 0. The molecule has 0 unspecified atom stereocenters. The van der Waals surface area contributed by atoms with Gasteiger partial charge < -0.3 is 5.11 Å². The summed E-state index contributed by atoms with van der Waals surface area (Å²) in [5, 5.41) is 9.35. The van der Waals surface area contributed by atoms with Gasteiger partial charge >= 0.3 is 5.97 Å². The van der Waals surface area contributed by atoms with Gasteiger partial charge in [-0.25, -0.2) is 0 Å². The second kappa shape index (κ2) is 5.10. The van der Waals surface area contributed by atoms with E-state index in [0.29, 0.717) is 0 Å². The number of nitrogens with zero attached hydrogens (tertiary/aromatic N) is 1. The fourth-order valence-electron chi connectivity index (χ4n) is 2.64. The second-order valence-corrected chi connectivity index (χ2v) is 4.50. The van der Waals surface area contributed by atoms with E-state index < -0.39 is 5.97 Å². The maximum absolute atomic E-state index is 11.4. The molecular weight excluding hydrogens is 202 g/mol. The molecule has 1 aliphatic rings. The molecule has 0 saturated heterocycles. The fourth-order valence-corrected chi connectivity index (χ4v) is 2.64. The third kappa shape index (κ3) is 2.40. The topological polar surface area (TPSA) is 50.2 Å². The molecule has 1 fully saturated rings. The first kappa shape index (κ1) is 11.1. The molecule has 0 aliphatic heterocycles. The number of aromatic nitrogens is 1. The average Bonchev–Trinajstić information content (AvgIpc) is 2.31. The SMILES string of the molecule is O=C(O)[C@H](c1cccnc1)C1CCCCC1. The molecule has 1 atom stereocenters. The van der Waals surface area contributed by atoms with Gasteiger partial charge in [0.1, 0.15) is 0 Å². The highest BCUT2D eigenvalue weighted by atomic mass is 16.4. The van der Waals surface area contributed by atoms with Crippen LogP contribution in [0.5, 0.6) is 0 Å². The summed E-state index contributed by atoms with van der Waals surface area (Å²) in [6, 6.07) is 3.69. The Bertz CT molecular complexity index is 344. The smallest absolute Gasteiger partial charge is 0.311 e. The number of aliphatic carboxylic acids is 1. The molecule has 1 heterocycles. The zero-order chi connectivity index (χ0) is 11.4. The van der Waals surface area contributed by atoms with Crippen LogP contribution in [0, 0.1) is 5.92 Å². The van der Waals surface area contributed by atoms with Crippen molar-refractivity contribution in [2.24, 2.45) is 5.92 Å². The minimum atomic E-state index is -0.708. The molecule has 3 heteroatoms. The minimum absolute atomic E-state index is 0.287. The highest BCUT2D eigenvalue weighted by molar-refractivity contribution is 5.76. The van der Waals surface area contributed by atoms with Crippen molar-refractivity contribution < 1.29 is 9.90 Å². The van der Waals surface area contributed by atoms with Gasteiger partial charge in [0.15, 0.2) is 0 Å². The zero-order valence-electron chi connectivity index (χ0n) is 9.30. The summed E-state index contributed by atoms with van der Waals surface area (Å²) in [4.78, 5) is 15.4. The third-order valence-corrected chi connectivity index (χ3v) is 3.43. The summed E-state index contributed by atoms with van der Waals surface area (Å²) >= 11 is 0. The molecule has 0 bridgehead atoms. The standard InChI is InChI=1S/C13H17NO2/c15-13(16)12(10-5-2-1-3-6-10)11-7-4-8-14-9-11/h4,7-10,12H,1-3,5-6H2,(H,15,16)/t12-/m0/s1. The fraction of sp³-hybridized carbons (Fsp3) is 0.538. The van der Waals surface area contributed by atoms with Gasteiger partial charge in [-0.3, -0.25) is 9.78 Å². The molecule has 0 radical (unpaired) electrons. The first-order valence-corrected chi connectivity index (χ1v) is 5.92. The number of rotatable bonds is 3. The lowest BCUT2D eigenvalue weighted by molar-refractivity contribution is -0.140. The van der Waals surface area contributed by atoms with Gasteiger partial charge in [-0.15, -0.1) is 0 Å². The van der Waals surface area contributed by atoms with Crippen molar-refractivity contribution in [2.45, 2.75) is 38.0 Å². The van der Waals surface area contributed by atoms with E-state index in [0.717, 1.165) is 31.2 Å². The van der Waals surface area contributed by atoms with Crippen molar-refractivity contribution >= 4 is 5.97 Å². The molecule has 86 valence electrons. The van der Waals surface area contributed by atoms with Crippen LogP contribution in [-0.2, 0) is 4.79 Å². The molecule has 1 N–H and O–H groups in total. The van der Waals surface area contributed by atoms with E-state index in [2.05, 4.69) is 4.98 Å². The molecule has 1 aromatic heterocycles. The summed E-state index contributed by atoms with van der Waals surface area (Å²) in [6.07, 6.45) is 9.01. The number of hydrogen-bond donors (Lipinski definition) is 1. The Kier molecular flexibility index (Phi) is 3.54. The summed E-state index contributed by atoms with van der Waals surface area (Å²) in [5.74, 6) is -0.788. The minimum Gasteiger partial charge on any atom is -0.481 e. The Balaban J connectivity index is 2.20. The van der Waals surface area contributed by atoms with Gasteiger partial charge in [0.2, 0.25) is 0 Å². The molecule has 0 aromatic carbocycles. The molecule has 1 aromatic rings. The van der Waals surface area contributed by atoms with Crippen molar-refractivity contribution in [2.75, 3.05) is 0 Å². The van der Waals surface area contributed by atoms with Gasteiger partial charge in [-0.05, 0) is 30.4 Å². The number of carboxylic acids is 1. The molecule has 2 rings (SSSR count). The average molecular weight is 219 g/mol. The second-order valence-electron chi connectivity index (χ2n) is 4.50. The van der Waals surface area contributed by atoms with E-state index >= 15 is 0 Å². The summed E-state index contributed by atoms with van der Waals surface area (Å²) < 4.78 is 0. The molecule has 0 amide bonds. The summed E-state index contributed by atoms with van der Waals surface area (Å²) in [5.41, 5.74) is 0.849. The molecule has 3 nitrogen and oxygen atoms in total. The van der Waals surface area contributed by atoms with Crippen LogP contribution in [0.2, 0.25) is 0 Å². The number of hydrogen-bond acceptors (Lipinski definition) is 2. The number of carboxylic acid groups (broad SMARTS) is 1. The largest absolute Gasteiger partial charge is 0.481 e. The Morgan fingerprint density at radius 2 is 2.12 bits per heavy atom. The molecule has 1 saturated carbocycles. The summed E-state index contributed by atoms with van der Waals surface area (Å²) in [7, 11) is 0. The highest BCUT2D eigenvalue weighted by Crippen LogP contribution is 2.35. The van der Waals surface area contributed by atoms with Gasteiger partial charge in [0, 0.05) is 12.4 Å². The zero-order valence-corrected chi connectivity index (χ0v) is 9.30. The van der Waals surface area contributed by atoms with Gasteiger partial charge in [0.05, 0.1) is 5.92 Å². The quantitative estimate of drug-likeness (QED) is 0.850. The van der Waals surface area contributed by atoms with Crippen LogP contribution in [0.15, 0.2) is 24.5 Å². The van der Waals surface area contributed by atoms with Crippen LogP contribution in [-0.4, -0.2) is 16.1 Å². The molecule has 1 aliphatic carbocycles. The maximum Gasteiger partial charge on any atom is 0.311 e. The lowest BCUT2D eigenvalue weighted by Gasteiger charge is -2.27. The van der Waals surface area contributed by atoms with Crippen molar-refractivity contribution in [1.29, 1.82) is 0 Å². The van der Waals surface area contributed by atoms with E-state index in [4.69, 9.17) is 0 Å². The van der Waals surface area contributed by atoms with Crippen LogP contribution in [0.1, 0.15) is 43.6 Å². The van der Waals surface area contributed by atoms with E-state index in [1.807, 2.05) is 12.1 Å². The number of pyridine rings is 1. The predicted molar refractivity (Wildman–Crippen MR) is 61.2 cm³/mol. The van der Waals surface area contributed by atoms with Crippen LogP contribution in [0.3, 0.4) is 0 Å². The molecule has 0 spiro atoms.